The minimum absolute atomic E-state index is 0.246. The van der Waals surface area contributed by atoms with Crippen molar-refractivity contribution in [3.8, 4) is 17.6 Å². The molecule has 106 valence electrons. The monoisotopic (exact) mass is 408 g/mol. The molecule has 0 saturated carbocycles. The molecule has 1 aliphatic rings. The normalized spacial score (nSPS) is 12.0. The van der Waals surface area contributed by atoms with Crippen LogP contribution >= 0.6 is 31.9 Å². The molecule has 21 heavy (non-hydrogen) atoms. The topological polar surface area (TPSA) is 54.3 Å². The summed E-state index contributed by atoms with van der Waals surface area (Å²) in [5.41, 5.74) is 2.44. The van der Waals surface area contributed by atoms with Gasteiger partial charge in [0.15, 0.2) is 11.5 Å². The summed E-state index contributed by atoms with van der Waals surface area (Å²) in [6.45, 7) is 0.835. The molecule has 1 heterocycles. The Hall–Kier alpha value is -1.71. The van der Waals surface area contributed by atoms with Gasteiger partial charge in [-0.05, 0) is 51.8 Å². The Kier molecular flexibility index (Phi) is 4.04. The standard InChI is InChI=1S/C15H10Br2N2O2/c16-11-1-2-13(10(5-11)6-18)19-7-9-3-12(17)15-14(4-9)20-8-21-15/h1-5,19H,7-8H2. The van der Waals surface area contributed by atoms with Gasteiger partial charge in [0.05, 0.1) is 15.7 Å². The Morgan fingerprint density at radius 3 is 2.86 bits per heavy atom. The van der Waals surface area contributed by atoms with Crippen LogP contribution in [0, 0.1) is 11.3 Å². The number of hydrogen-bond acceptors (Lipinski definition) is 4. The Labute approximate surface area is 138 Å². The molecule has 0 fully saturated rings. The lowest BCUT2D eigenvalue weighted by molar-refractivity contribution is 0.173. The average Bonchev–Trinajstić information content (AvgIpc) is 2.94. The predicted molar refractivity (Wildman–Crippen MR) is 86.4 cm³/mol. The molecule has 4 nitrogen and oxygen atoms in total. The third kappa shape index (κ3) is 2.99. The van der Waals surface area contributed by atoms with E-state index in [2.05, 4.69) is 43.2 Å². The maximum absolute atomic E-state index is 9.16. The van der Waals surface area contributed by atoms with Gasteiger partial charge in [-0.1, -0.05) is 15.9 Å². The van der Waals surface area contributed by atoms with E-state index in [9.17, 15) is 0 Å². The molecule has 0 aromatic heterocycles. The van der Waals surface area contributed by atoms with Gasteiger partial charge in [-0.25, -0.2) is 0 Å². The van der Waals surface area contributed by atoms with Gasteiger partial charge in [0.2, 0.25) is 6.79 Å². The summed E-state index contributed by atoms with van der Waals surface area (Å²) < 4.78 is 12.5. The lowest BCUT2D eigenvalue weighted by atomic mass is 10.1. The molecule has 6 heteroatoms. The smallest absolute Gasteiger partial charge is 0.231 e. The zero-order valence-corrected chi connectivity index (χ0v) is 14.0. The summed E-state index contributed by atoms with van der Waals surface area (Å²) in [7, 11) is 0. The van der Waals surface area contributed by atoms with E-state index in [1.54, 1.807) is 6.07 Å². The molecule has 0 amide bonds. The molecule has 0 atom stereocenters. The fourth-order valence-electron chi connectivity index (χ4n) is 2.08. The lowest BCUT2D eigenvalue weighted by Crippen LogP contribution is -2.01. The summed E-state index contributed by atoms with van der Waals surface area (Å²) in [5.74, 6) is 1.47. The number of anilines is 1. The molecule has 0 unspecified atom stereocenters. The van der Waals surface area contributed by atoms with Crippen LogP contribution in [0.2, 0.25) is 0 Å². The zero-order valence-electron chi connectivity index (χ0n) is 10.8. The van der Waals surface area contributed by atoms with Gasteiger partial charge in [-0.3, -0.25) is 0 Å². The second-order valence-corrected chi connectivity index (χ2v) is 6.24. The zero-order chi connectivity index (χ0) is 14.8. The highest BCUT2D eigenvalue weighted by atomic mass is 79.9. The molecule has 0 radical (unpaired) electrons. The van der Waals surface area contributed by atoms with Crippen molar-refractivity contribution in [2.24, 2.45) is 0 Å². The van der Waals surface area contributed by atoms with Crippen LogP contribution in [-0.4, -0.2) is 6.79 Å². The molecule has 0 bridgehead atoms. The minimum Gasteiger partial charge on any atom is -0.454 e. The third-order valence-electron chi connectivity index (χ3n) is 3.07. The Morgan fingerprint density at radius 1 is 1.19 bits per heavy atom. The number of ether oxygens (including phenoxy) is 2. The van der Waals surface area contributed by atoms with E-state index in [1.165, 1.54) is 0 Å². The van der Waals surface area contributed by atoms with Crippen molar-refractivity contribution in [3.63, 3.8) is 0 Å². The van der Waals surface area contributed by atoms with E-state index >= 15 is 0 Å². The molecule has 2 aromatic carbocycles. The summed E-state index contributed by atoms with van der Waals surface area (Å²) in [5, 5.41) is 12.4. The fraction of sp³-hybridized carbons (Fsp3) is 0.133. The van der Waals surface area contributed by atoms with Crippen molar-refractivity contribution in [1.29, 1.82) is 5.26 Å². The van der Waals surface area contributed by atoms with Gasteiger partial charge in [0.25, 0.3) is 0 Å². The molecule has 2 aromatic rings. The maximum atomic E-state index is 9.16. The first-order chi connectivity index (χ1) is 10.2. The SMILES string of the molecule is N#Cc1cc(Br)ccc1NCc1cc(Br)c2c(c1)OCO2. The second kappa shape index (κ2) is 5.96. The number of rotatable bonds is 3. The second-order valence-electron chi connectivity index (χ2n) is 4.47. The van der Waals surface area contributed by atoms with E-state index in [-0.39, 0.29) is 6.79 Å². The van der Waals surface area contributed by atoms with Gasteiger partial charge in [0, 0.05) is 11.0 Å². The highest BCUT2D eigenvalue weighted by Gasteiger charge is 2.17. The van der Waals surface area contributed by atoms with Crippen LogP contribution in [0.15, 0.2) is 39.3 Å². The van der Waals surface area contributed by atoms with Gasteiger partial charge >= 0.3 is 0 Å². The fourth-order valence-corrected chi connectivity index (χ4v) is 3.05. The molecule has 1 N–H and O–H groups in total. The molecular weight excluding hydrogens is 400 g/mol. The first-order valence-electron chi connectivity index (χ1n) is 6.19. The number of nitrogens with zero attached hydrogens (tertiary/aromatic N) is 1. The summed E-state index contributed by atoms with van der Waals surface area (Å²) in [6, 6.07) is 11.7. The third-order valence-corrected chi connectivity index (χ3v) is 4.15. The maximum Gasteiger partial charge on any atom is 0.231 e. The summed E-state index contributed by atoms with van der Waals surface area (Å²) >= 11 is 6.83. The van der Waals surface area contributed by atoms with E-state index in [4.69, 9.17) is 14.7 Å². The quantitative estimate of drug-likeness (QED) is 0.814. The highest BCUT2D eigenvalue weighted by molar-refractivity contribution is 9.10. The molecular formula is C15H10Br2N2O2. The number of nitriles is 1. The number of benzene rings is 2. The average molecular weight is 410 g/mol. The number of hydrogen-bond donors (Lipinski definition) is 1. The van der Waals surface area contributed by atoms with Crippen LogP contribution < -0.4 is 14.8 Å². The van der Waals surface area contributed by atoms with Crippen LogP contribution in [0.25, 0.3) is 0 Å². The Morgan fingerprint density at radius 2 is 2.05 bits per heavy atom. The van der Waals surface area contributed by atoms with Crippen molar-refractivity contribution >= 4 is 37.5 Å². The van der Waals surface area contributed by atoms with Crippen LogP contribution in [0.1, 0.15) is 11.1 Å². The Balaban J connectivity index is 1.80. The van der Waals surface area contributed by atoms with Crippen molar-refractivity contribution in [3.05, 3.63) is 50.4 Å². The molecule has 0 saturated heterocycles. The van der Waals surface area contributed by atoms with Crippen molar-refractivity contribution in [1.82, 2.24) is 0 Å². The van der Waals surface area contributed by atoms with Gasteiger partial charge < -0.3 is 14.8 Å². The predicted octanol–water partition coefficient (Wildman–Crippen LogP) is 4.42. The molecule has 1 aliphatic heterocycles. The number of halogens is 2. The van der Waals surface area contributed by atoms with Crippen molar-refractivity contribution in [2.75, 3.05) is 12.1 Å². The Bertz CT molecular complexity index is 741. The molecule has 0 spiro atoms. The summed E-state index contributed by atoms with van der Waals surface area (Å²) in [6.07, 6.45) is 0. The van der Waals surface area contributed by atoms with Crippen LogP contribution in [0.5, 0.6) is 11.5 Å². The van der Waals surface area contributed by atoms with Crippen LogP contribution in [-0.2, 0) is 6.54 Å². The molecule has 0 aliphatic carbocycles. The van der Waals surface area contributed by atoms with E-state index < -0.39 is 0 Å². The van der Waals surface area contributed by atoms with E-state index in [1.807, 2.05) is 24.3 Å². The summed E-state index contributed by atoms with van der Waals surface area (Å²) in [4.78, 5) is 0. The van der Waals surface area contributed by atoms with E-state index in [0.29, 0.717) is 12.1 Å². The van der Waals surface area contributed by atoms with Crippen LogP contribution in [0.3, 0.4) is 0 Å². The largest absolute Gasteiger partial charge is 0.454 e. The highest BCUT2D eigenvalue weighted by Crippen LogP contribution is 2.40. The van der Waals surface area contributed by atoms with Crippen LogP contribution in [0.4, 0.5) is 5.69 Å². The van der Waals surface area contributed by atoms with Gasteiger partial charge in [-0.2, -0.15) is 5.26 Å². The first-order valence-corrected chi connectivity index (χ1v) is 7.77. The van der Waals surface area contributed by atoms with Crippen molar-refractivity contribution in [2.45, 2.75) is 6.54 Å². The molecule has 3 rings (SSSR count). The lowest BCUT2D eigenvalue weighted by Gasteiger charge is -2.10. The minimum atomic E-state index is 0.246. The van der Waals surface area contributed by atoms with E-state index in [0.717, 1.165) is 31.7 Å². The van der Waals surface area contributed by atoms with Gasteiger partial charge in [-0.15, -0.1) is 0 Å². The van der Waals surface area contributed by atoms with Gasteiger partial charge in [0.1, 0.15) is 6.07 Å². The number of nitrogens with one attached hydrogen (secondary N) is 1. The number of fused-ring (bicyclic) bond motifs is 1. The van der Waals surface area contributed by atoms with Crippen molar-refractivity contribution < 1.29 is 9.47 Å². The first kappa shape index (κ1) is 14.2.